The summed E-state index contributed by atoms with van der Waals surface area (Å²) in [6.07, 6.45) is -4.49. The third kappa shape index (κ3) is 4.84. The number of hydrogen-bond donors (Lipinski definition) is 1. The first-order valence-electron chi connectivity index (χ1n) is 5.34. The van der Waals surface area contributed by atoms with Gasteiger partial charge in [-0.25, -0.2) is 0 Å². The van der Waals surface area contributed by atoms with Crippen LogP contribution in [0.5, 0.6) is 0 Å². The lowest BCUT2D eigenvalue weighted by molar-refractivity contribution is -0.150. The summed E-state index contributed by atoms with van der Waals surface area (Å²) in [5, 5.41) is 0.00925. The molecule has 2 nitrogen and oxygen atoms in total. The first kappa shape index (κ1) is 15.9. The maximum Gasteiger partial charge on any atom is 0.403 e. The molecule has 0 heterocycles. The van der Waals surface area contributed by atoms with Crippen LogP contribution in [0.3, 0.4) is 0 Å². The lowest BCUT2D eigenvalue weighted by Crippen LogP contribution is -2.43. The Labute approximate surface area is 96.5 Å². The topological polar surface area (TPSA) is 35.2 Å². The Morgan fingerprint density at radius 1 is 1.19 bits per heavy atom. The van der Waals surface area contributed by atoms with Gasteiger partial charge in [0.15, 0.2) is 8.32 Å². The van der Waals surface area contributed by atoms with Crippen LogP contribution in [-0.2, 0) is 4.43 Å². The lowest BCUT2D eigenvalue weighted by atomic mass is 10.2. The van der Waals surface area contributed by atoms with Crippen molar-refractivity contribution in [2.24, 2.45) is 5.73 Å². The highest BCUT2D eigenvalue weighted by Crippen LogP contribution is 2.36. The van der Waals surface area contributed by atoms with Crippen molar-refractivity contribution < 1.29 is 17.6 Å². The molecular weight excluding hydrogens is 235 g/mol. The standard InChI is InChI=1S/C10H22F3NOSi/c1-9(2,3)16(4,5)15-7-6-8(14)10(11,12)13/h8H,6-7,14H2,1-5H3. The SMILES string of the molecule is CC(C)(C)[Si](C)(C)OCCC(N)C(F)(F)F. The lowest BCUT2D eigenvalue weighted by Gasteiger charge is -2.36. The number of hydrogen-bond acceptors (Lipinski definition) is 2. The Kier molecular flexibility index (Phi) is 5.03. The largest absolute Gasteiger partial charge is 0.417 e. The van der Waals surface area contributed by atoms with Crippen molar-refractivity contribution in [1.29, 1.82) is 0 Å². The fraction of sp³-hybridized carbons (Fsp3) is 1.00. The normalized spacial score (nSPS) is 16.3. The molecule has 16 heavy (non-hydrogen) atoms. The van der Waals surface area contributed by atoms with Crippen LogP contribution in [0.1, 0.15) is 27.2 Å². The molecule has 0 amide bonds. The molecule has 0 bridgehead atoms. The number of nitrogens with two attached hydrogens (primary N) is 1. The van der Waals surface area contributed by atoms with E-state index in [0.29, 0.717) is 0 Å². The zero-order chi connectivity index (χ0) is 13.2. The molecule has 1 unspecified atom stereocenters. The number of rotatable bonds is 4. The summed E-state index contributed by atoms with van der Waals surface area (Å²) in [5.74, 6) is 0. The summed E-state index contributed by atoms with van der Waals surface area (Å²) in [6, 6.07) is -1.78. The van der Waals surface area contributed by atoms with E-state index in [4.69, 9.17) is 10.2 Å². The Balaban J connectivity index is 4.10. The summed E-state index contributed by atoms with van der Waals surface area (Å²) < 4.78 is 42.0. The first-order valence-corrected chi connectivity index (χ1v) is 8.25. The zero-order valence-electron chi connectivity index (χ0n) is 10.6. The fourth-order valence-electron chi connectivity index (χ4n) is 0.821. The van der Waals surface area contributed by atoms with Gasteiger partial charge in [-0.15, -0.1) is 0 Å². The van der Waals surface area contributed by atoms with Gasteiger partial charge >= 0.3 is 6.18 Å². The summed E-state index contributed by atoms with van der Waals surface area (Å²) in [5.41, 5.74) is 5.00. The van der Waals surface area contributed by atoms with Crippen molar-refractivity contribution in [3.63, 3.8) is 0 Å². The molecule has 2 N–H and O–H groups in total. The van der Waals surface area contributed by atoms with Crippen LogP contribution < -0.4 is 5.73 Å². The van der Waals surface area contributed by atoms with Crippen molar-refractivity contribution in [2.75, 3.05) is 6.61 Å². The molecule has 0 aromatic carbocycles. The van der Waals surface area contributed by atoms with E-state index in [1.807, 2.05) is 33.9 Å². The van der Waals surface area contributed by atoms with E-state index in [9.17, 15) is 13.2 Å². The van der Waals surface area contributed by atoms with Gasteiger partial charge in [-0.05, 0) is 24.6 Å². The smallest absolute Gasteiger partial charge is 0.403 e. The van der Waals surface area contributed by atoms with E-state index in [1.54, 1.807) is 0 Å². The van der Waals surface area contributed by atoms with E-state index in [0.717, 1.165) is 0 Å². The minimum absolute atomic E-state index is 0.00925. The van der Waals surface area contributed by atoms with Crippen LogP contribution in [-0.4, -0.2) is 27.1 Å². The Hall–Kier alpha value is -0.0731. The van der Waals surface area contributed by atoms with E-state index in [1.165, 1.54) is 0 Å². The van der Waals surface area contributed by atoms with Gasteiger partial charge in [-0.3, -0.25) is 0 Å². The summed E-state index contributed by atoms with van der Waals surface area (Å²) in [7, 11) is -1.95. The second-order valence-corrected chi connectivity index (χ2v) is 10.4. The minimum Gasteiger partial charge on any atom is -0.417 e. The van der Waals surface area contributed by atoms with Crippen molar-refractivity contribution in [1.82, 2.24) is 0 Å². The molecule has 98 valence electrons. The summed E-state index contributed by atoms with van der Waals surface area (Å²) in [4.78, 5) is 0. The van der Waals surface area contributed by atoms with E-state index in [2.05, 4.69) is 0 Å². The van der Waals surface area contributed by atoms with Gasteiger partial charge in [-0.2, -0.15) is 13.2 Å². The minimum atomic E-state index is -4.32. The molecule has 0 aromatic heterocycles. The van der Waals surface area contributed by atoms with Crippen molar-refractivity contribution in [3.8, 4) is 0 Å². The van der Waals surface area contributed by atoms with Crippen molar-refractivity contribution in [3.05, 3.63) is 0 Å². The Morgan fingerprint density at radius 2 is 1.62 bits per heavy atom. The molecule has 0 aromatic rings. The zero-order valence-corrected chi connectivity index (χ0v) is 11.6. The molecule has 0 rings (SSSR count). The van der Waals surface area contributed by atoms with Crippen LogP contribution in [0, 0.1) is 0 Å². The van der Waals surface area contributed by atoms with Gasteiger partial charge in [0.05, 0.1) is 0 Å². The highest BCUT2D eigenvalue weighted by Gasteiger charge is 2.39. The average Bonchev–Trinajstić information content (AvgIpc) is 1.99. The number of halogens is 3. The van der Waals surface area contributed by atoms with E-state index >= 15 is 0 Å². The second kappa shape index (κ2) is 5.06. The quantitative estimate of drug-likeness (QED) is 0.784. The van der Waals surface area contributed by atoms with Crippen LogP contribution in [0.4, 0.5) is 13.2 Å². The molecular formula is C10H22F3NOSi. The van der Waals surface area contributed by atoms with Crippen molar-refractivity contribution in [2.45, 2.75) is 57.5 Å². The molecule has 0 aliphatic rings. The van der Waals surface area contributed by atoms with Crippen LogP contribution in [0.15, 0.2) is 0 Å². The van der Waals surface area contributed by atoms with Crippen molar-refractivity contribution >= 4 is 8.32 Å². The average molecular weight is 257 g/mol. The molecule has 0 aliphatic heterocycles. The highest BCUT2D eigenvalue weighted by molar-refractivity contribution is 6.74. The molecule has 6 heteroatoms. The predicted octanol–water partition coefficient (Wildman–Crippen LogP) is 3.29. The van der Waals surface area contributed by atoms with Gasteiger partial charge < -0.3 is 10.2 Å². The molecule has 1 atom stereocenters. The van der Waals surface area contributed by atoms with E-state index < -0.39 is 20.5 Å². The summed E-state index contributed by atoms with van der Waals surface area (Å²) in [6.45, 7) is 10.2. The molecule has 0 saturated carbocycles. The maximum absolute atomic E-state index is 12.1. The second-order valence-electron chi connectivity index (χ2n) is 5.55. The Morgan fingerprint density at radius 3 is 1.94 bits per heavy atom. The van der Waals surface area contributed by atoms with Gasteiger partial charge in [0.1, 0.15) is 6.04 Å². The first-order chi connectivity index (χ1) is 6.88. The van der Waals surface area contributed by atoms with Gasteiger partial charge in [-0.1, -0.05) is 20.8 Å². The third-order valence-electron chi connectivity index (χ3n) is 3.12. The molecule has 0 spiro atoms. The maximum atomic E-state index is 12.1. The van der Waals surface area contributed by atoms with Crippen LogP contribution >= 0.6 is 0 Å². The van der Waals surface area contributed by atoms with Gasteiger partial charge in [0, 0.05) is 6.61 Å². The van der Waals surface area contributed by atoms with Crippen LogP contribution in [0.25, 0.3) is 0 Å². The highest BCUT2D eigenvalue weighted by atomic mass is 28.4. The van der Waals surface area contributed by atoms with Gasteiger partial charge in [0.25, 0.3) is 0 Å². The van der Waals surface area contributed by atoms with E-state index in [-0.39, 0.29) is 18.1 Å². The Bertz CT molecular complexity index is 223. The van der Waals surface area contributed by atoms with Gasteiger partial charge in [0.2, 0.25) is 0 Å². The summed E-state index contributed by atoms with van der Waals surface area (Å²) >= 11 is 0. The molecule has 0 aliphatic carbocycles. The molecule has 0 fully saturated rings. The molecule has 0 saturated heterocycles. The predicted molar refractivity (Wildman–Crippen MR) is 61.8 cm³/mol. The fourth-order valence-corrected chi connectivity index (χ4v) is 1.88. The monoisotopic (exact) mass is 257 g/mol. The third-order valence-corrected chi connectivity index (χ3v) is 7.66. The van der Waals surface area contributed by atoms with Crippen LogP contribution in [0.2, 0.25) is 18.1 Å². The number of alkyl halides is 3. The molecule has 0 radical (unpaired) electrons.